The molecule has 0 aliphatic rings. The molecule has 42 valence electrons. The van der Waals surface area contributed by atoms with E-state index in [2.05, 4.69) is 0 Å². The summed E-state index contributed by atoms with van der Waals surface area (Å²) in [5, 5.41) is 0. The Morgan fingerprint density at radius 2 is 0.714 bits per heavy atom. The molecule has 0 atom stereocenters. The Balaban J connectivity index is -0.0000000400. The zero-order valence-corrected chi connectivity index (χ0v) is 5.15. The maximum absolute atomic E-state index is 2.00. The largest absolute Gasteiger partial charge is 0.102 e. The van der Waals surface area contributed by atoms with Crippen molar-refractivity contribution in [2.24, 2.45) is 0 Å². The third-order valence-electron chi connectivity index (χ3n) is 0. The average Bonchev–Trinajstić information content (AvgIpc) is 1.39. The molecule has 0 saturated carbocycles. The molecule has 0 unspecified atom stereocenters. The molecule has 0 aromatic heterocycles. The summed E-state index contributed by atoms with van der Waals surface area (Å²) < 4.78 is 0. The maximum atomic E-state index is 2.00. The maximum Gasteiger partial charge on any atom is 0.102 e. The predicted molar refractivity (Wildman–Crippen MR) is 41.7 cm³/mol. The summed E-state index contributed by atoms with van der Waals surface area (Å²) in [6, 6.07) is 0. The SMILES string of the molecule is C.C[B]C.C[B]C. The Hall–Kier alpha value is 0.130. The van der Waals surface area contributed by atoms with Crippen LogP contribution in [0.25, 0.3) is 0 Å². The van der Waals surface area contributed by atoms with Gasteiger partial charge in [-0.25, -0.2) is 0 Å². The fourth-order valence-corrected chi connectivity index (χ4v) is 0. The third-order valence-corrected chi connectivity index (χ3v) is 0. The van der Waals surface area contributed by atoms with E-state index in [0.717, 1.165) is 0 Å². The van der Waals surface area contributed by atoms with Crippen molar-refractivity contribution in [1.29, 1.82) is 0 Å². The first-order valence-electron chi connectivity index (χ1n) is 2.31. The van der Waals surface area contributed by atoms with E-state index in [1.165, 1.54) is 0 Å². The standard InChI is InChI=1S/2C2H6B.CH4/c2*1-3-2;/h2*1-2H3;1H4. The van der Waals surface area contributed by atoms with Crippen molar-refractivity contribution in [3.05, 3.63) is 0 Å². The molecule has 0 heterocycles. The van der Waals surface area contributed by atoms with Gasteiger partial charge >= 0.3 is 0 Å². The first kappa shape index (κ1) is 15.7. The van der Waals surface area contributed by atoms with Crippen LogP contribution in [0.3, 0.4) is 0 Å². The summed E-state index contributed by atoms with van der Waals surface area (Å²) in [5.74, 6) is 0. The molecule has 7 heavy (non-hydrogen) atoms. The van der Waals surface area contributed by atoms with Gasteiger partial charge < -0.3 is 0 Å². The molecular weight excluding hydrogens is 81.7 g/mol. The van der Waals surface area contributed by atoms with E-state index in [9.17, 15) is 0 Å². The van der Waals surface area contributed by atoms with Crippen molar-refractivity contribution in [3.63, 3.8) is 0 Å². The van der Waals surface area contributed by atoms with Gasteiger partial charge in [-0.3, -0.25) is 0 Å². The summed E-state index contributed by atoms with van der Waals surface area (Å²) in [4.78, 5) is 0. The lowest BCUT2D eigenvalue weighted by Crippen LogP contribution is -1.53. The second-order valence-corrected chi connectivity index (χ2v) is 1.15. The van der Waals surface area contributed by atoms with Crippen LogP contribution in [-0.4, -0.2) is 14.6 Å². The van der Waals surface area contributed by atoms with Crippen LogP contribution in [0.1, 0.15) is 7.43 Å². The molecule has 0 N–H and O–H groups in total. The molecule has 0 aromatic rings. The number of rotatable bonds is 0. The minimum Gasteiger partial charge on any atom is -0.0922 e. The van der Waals surface area contributed by atoms with E-state index < -0.39 is 0 Å². The van der Waals surface area contributed by atoms with Gasteiger partial charge in [0.05, 0.1) is 0 Å². The zero-order valence-electron chi connectivity index (χ0n) is 5.15. The van der Waals surface area contributed by atoms with E-state index >= 15 is 0 Å². The molecule has 0 aliphatic carbocycles. The Bertz CT molecular complexity index is 8.04. The molecular formula is C5H16B2. The zero-order chi connectivity index (χ0) is 5.41. The molecule has 2 heteroatoms. The van der Waals surface area contributed by atoms with Crippen molar-refractivity contribution >= 4 is 14.6 Å². The number of hydrogen-bond acceptors (Lipinski definition) is 0. The molecule has 0 saturated heterocycles. The fraction of sp³-hybridized carbons (Fsp3) is 1.00. The van der Waals surface area contributed by atoms with Crippen molar-refractivity contribution in [2.45, 2.75) is 34.7 Å². The smallest absolute Gasteiger partial charge is 0.0922 e. The second kappa shape index (κ2) is 35.6. The molecule has 0 amide bonds. The van der Waals surface area contributed by atoms with Crippen molar-refractivity contribution in [1.82, 2.24) is 0 Å². The fourth-order valence-electron chi connectivity index (χ4n) is 0. The molecule has 0 fully saturated rings. The topological polar surface area (TPSA) is 0 Å². The van der Waals surface area contributed by atoms with E-state index in [0.29, 0.717) is 0 Å². The minimum atomic E-state index is 0. The highest BCUT2D eigenvalue weighted by atomic mass is 13.0. The van der Waals surface area contributed by atoms with E-state index in [-0.39, 0.29) is 7.43 Å². The highest BCUT2D eigenvalue weighted by Gasteiger charge is 1.43. The van der Waals surface area contributed by atoms with Gasteiger partial charge in [0.15, 0.2) is 0 Å². The first-order valence-corrected chi connectivity index (χ1v) is 2.31. The Labute approximate surface area is 50.2 Å². The quantitative estimate of drug-likeness (QED) is 0.407. The second-order valence-electron chi connectivity index (χ2n) is 1.15. The Kier molecular flexibility index (Phi) is 79.8. The molecule has 0 spiro atoms. The van der Waals surface area contributed by atoms with E-state index in [1.807, 2.05) is 41.9 Å². The molecule has 0 rings (SSSR count). The third kappa shape index (κ3) is 6200. The van der Waals surface area contributed by atoms with Crippen LogP contribution < -0.4 is 0 Å². The normalized spacial score (nSPS) is 4.00. The van der Waals surface area contributed by atoms with Crippen LogP contribution in [-0.2, 0) is 0 Å². The summed E-state index contributed by atoms with van der Waals surface area (Å²) >= 11 is 0. The summed E-state index contributed by atoms with van der Waals surface area (Å²) in [6.07, 6.45) is 0. The van der Waals surface area contributed by atoms with Gasteiger partial charge in [-0.2, -0.15) is 0 Å². The van der Waals surface area contributed by atoms with Gasteiger partial charge in [-0.1, -0.05) is 34.7 Å². The monoisotopic (exact) mass is 98.1 g/mol. The highest BCUT2D eigenvalue weighted by molar-refractivity contribution is 6.31. The van der Waals surface area contributed by atoms with Crippen LogP contribution in [0.5, 0.6) is 0 Å². The van der Waals surface area contributed by atoms with Crippen molar-refractivity contribution < 1.29 is 0 Å². The Morgan fingerprint density at radius 3 is 0.714 bits per heavy atom. The molecule has 0 aliphatic heterocycles. The molecule has 0 aromatic carbocycles. The molecule has 0 nitrogen and oxygen atoms in total. The van der Waals surface area contributed by atoms with Crippen LogP contribution >= 0.6 is 0 Å². The van der Waals surface area contributed by atoms with E-state index in [1.54, 1.807) is 0 Å². The summed E-state index contributed by atoms with van der Waals surface area (Å²) in [5.41, 5.74) is 0. The minimum absolute atomic E-state index is 0. The highest BCUT2D eigenvalue weighted by Crippen LogP contribution is 1.37. The lowest BCUT2D eigenvalue weighted by molar-refractivity contribution is 2.14. The van der Waals surface area contributed by atoms with Gasteiger partial charge in [0.2, 0.25) is 0 Å². The van der Waals surface area contributed by atoms with Crippen molar-refractivity contribution in [2.75, 3.05) is 0 Å². The van der Waals surface area contributed by atoms with Crippen LogP contribution in [0.4, 0.5) is 0 Å². The average molecular weight is 97.8 g/mol. The first-order chi connectivity index (χ1) is 2.83. The van der Waals surface area contributed by atoms with Crippen molar-refractivity contribution in [3.8, 4) is 0 Å². The van der Waals surface area contributed by atoms with Crippen LogP contribution in [0, 0.1) is 0 Å². The lowest BCUT2D eigenvalue weighted by Gasteiger charge is -1.41. The Morgan fingerprint density at radius 1 is 0.714 bits per heavy atom. The van der Waals surface area contributed by atoms with Crippen LogP contribution in [0.15, 0.2) is 0 Å². The molecule has 2 radical (unpaired) electrons. The lowest BCUT2D eigenvalue weighted by atomic mass is 9.88. The van der Waals surface area contributed by atoms with Gasteiger partial charge in [0, 0.05) is 0 Å². The molecule has 0 bridgehead atoms. The van der Waals surface area contributed by atoms with Gasteiger partial charge in [0.1, 0.15) is 14.6 Å². The van der Waals surface area contributed by atoms with Crippen LogP contribution in [0.2, 0.25) is 27.3 Å². The van der Waals surface area contributed by atoms with E-state index in [4.69, 9.17) is 0 Å². The number of hydrogen-bond donors (Lipinski definition) is 0. The summed E-state index contributed by atoms with van der Waals surface area (Å²) in [6.45, 7) is 8.00. The van der Waals surface area contributed by atoms with Gasteiger partial charge in [0.25, 0.3) is 0 Å². The predicted octanol–water partition coefficient (Wildman–Crippen LogP) is 2.21. The van der Waals surface area contributed by atoms with Gasteiger partial charge in [-0.15, -0.1) is 0 Å². The summed E-state index contributed by atoms with van der Waals surface area (Å²) in [7, 11) is 4.00. The van der Waals surface area contributed by atoms with Gasteiger partial charge in [-0.05, 0) is 0 Å².